The van der Waals surface area contributed by atoms with Gasteiger partial charge in [0.2, 0.25) is 5.91 Å². The highest BCUT2D eigenvalue weighted by molar-refractivity contribution is 5.81. The standard InChI is InChI=1S/C16H23N3O2/c1-11-14(13-7-6-10-21-13)12(2)19(18-11)9-8-17-15(20)16(3,4)5/h6-7,10H,8-9H2,1-5H3,(H,17,20). The number of amides is 1. The fraction of sp³-hybridized carbons (Fsp3) is 0.500. The predicted molar refractivity (Wildman–Crippen MR) is 81.9 cm³/mol. The van der Waals surface area contributed by atoms with Crippen LogP contribution in [0, 0.1) is 19.3 Å². The number of furan rings is 1. The highest BCUT2D eigenvalue weighted by Crippen LogP contribution is 2.27. The summed E-state index contributed by atoms with van der Waals surface area (Å²) in [5, 5.41) is 7.47. The van der Waals surface area contributed by atoms with E-state index >= 15 is 0 Å². The number of carbonyl (C=O) groups is 1. The Kier molecular flexibility index (Phi) is 4.21. The molecule has 2 heterocycles. The van der Waals surface area contributed by atoms with Crippen LogP contribution < -0.4 is 5.32 Å². The van der Waals surface area contributed by atoms with Gasteiger partial charge in [-0.3, -0.25) is 9.48 Å². The molecule has 2 aromatic heterocycles. The molecular weight excluding hydrogens is 266 g/mol. The van der Waals surface area contributed by atoms with E-state index in [-0.39, 0.29) is 11.3 Å². The lowest BCUT2D eigenvalue weighted by Crippen LogP contribution is -2.36. The summed E-state index contributed by atoms with van der Waals surface area (Å²) in [6, 6.07) is 3.80. The summed E-state index contributed by atoms with van der Waals surface area (Å²) < 4.78 is 7.37. The number of carbonyl (C=O) groups excluding carboxylic acids is 1. The normalized spacial score (nSPS) is 11.7. The second kappa shape index (κ2) is 5.76. The van der Waals surface area contributed by atoms with E-state index in [2.05, 4.69) is 10.4 Å². The molecule has 5 heteroatoms. The van der Waals surface area contributed by atoms with Gasteiger partial charge in [-0.05, 0) is 26.0 Å². The lowest BCUT2D eigenvalue weighted by molar-refractivity contribution is -0.128. The van der Waals surface area contributed by atoms with Crippen molar-refractivity contribution < 1.29 is 9.21 Å². The van der Waals surface area contributed by atoms with Gasteiger partial charge in [0.25, 0.3) is 0 Å². The van der Waals surface area contributed by atoms with Crippen molar-refractivity contribution in [1.82, 2.24) is 15.1 Å². The van der Waals surface area contributed by atoms with E-state index in [9.17, 15) is 4.79 Å². The highest BCUT2D eigenvalue weighted by atomic mass is 16.3. The van der Waals surface area contributed by atoms with E-state index in [0.717, 1.165) is 22.7 Å². The van der Waals surface area contributed by atoms with Gasteiger partial charge < -0.3 is 9.73 Å². The summed E-state index contributed by atoms with van der Waals surface area (Å²) >= 11 is 0. The van der Waals surface area contributed by atoms with Crippen LogP contribution in [0.3, 0.4) is 0 Å². The van der Waals surface area contributed by atoms with Gasteiger partial charge in [-0.1, -0.05) is 20.8 Å². The molecule has 2 aromatic rings. The quantitative estimate of drug-likeness (QED) is 0.941. The molecule has 5 nitrogen and oxygen atoms in total. The number of hydrogen-bond donors (Lipinski definition) is 1. The van der Waals surface area contributed by atoms with Crippen LogP contribution in [0.15, 0.2) is 22.8 Å². The van der Waals surface area contributed by atoms with Gasteiger partial charge in [0.15, 0.2) is 0 Å². The third-order valence-corrected chi connectivity index (χ3v) is 3.44. The first kappa shape index (κ1) is 15.4. The fourth-order valence-electron chi connectivity index (χ4n) is 2.23. The topological polar surface area (TPSA) is 60.1 Å². The lowest BCUT2D eigenvalue weighted by atomic mass is 9.96. The first-order chi connectivity index (χ1) is 9.80. The minimum atomic E-state index is -0.367. The van der Waals surface area contributed by atoms with Gasteiger partial charge in [0.05, 0.1) is 24.1 Å². The smallest absolute Gasteiger partial charge is 0.225 e. The molecule has 0 saturated carbocycles. The molecule has 0 radical (unpaired) electrons. The number of nitrogens with one attached hydrogen (secondary N) is 1. The third-order valence-electron chi connectivity index (χ3n) is 3.44. The van der Waals surface area contributed by atoms with Crippen molar-refractivity contribution in [1.29, 1.82) is 0 Å². The predicted octanol–water partition coefficient (Wildman–Crippen LogP) is 2.92. The number of nitrogens with zero attached hydrogens (tertiary/aromatic N) is 2. The Morgan fingerprint density at radius 2 is 2.10 bits per heavy atom. The van der Waals surface area contributed by atoms with Crippen molar-refractivity contribution in [3.8, 4) is 11.3 Å². The van der Waals surface area contributed by atoms with Crippen LogP contribution in [0.1, 0.15) is 32.2 Å². The molecule has 0 aliphatic rings. The number of aryl methyl sites for hydroxylation is 1. The van der Waals surface area contributed by atoms with E-state index < -0.39 is 0 Å². The van der Waals surface area contributed by atoms with Gasteiger partial charge >= 0.3 is 0 Å². The molecule has 1 N–H and O–H groups in total. The lowest BCUT2D eigenvalue weighted by Gasteiger charge is -2.17. The Morgan fingerprint density at radius 3 is 2.67 bits per heavy atom. The molecule has 0 spiro atoms. The maximum atomic E-state index is 11.8. The molecule has 0 aliphatic heterocycles. The highest BCUT2D eigenvalue weighted by Gasteiger charge is 2.21. The van der Waals surface area contributed by atoms with Gasteiger partial charge in [0.1, 0.15) is 5.76 Å². The molecule has 0 unspecified atom stereocenters. The van der Waals surface area contributed by atoms with Crippen LogP contribution in [-0.2, 0) is 11.3 Å². The van der Waals surface area contributed by atoms with E-state index in [4.69, 9.17) is 4.42 Å². The summed E-state index contributed by atoms with van der Waals surface area (Å²) in [6.07, 6.45) is 1.66. The van der Waals surface area contributed by atoms with Crippen LogP contribution >= 0.6 is 0 Å². The third kappa shape index (κ3) is 3.35. The van der Waals surface area contributed by atoms with Crippen molar-refractivity contribution in [2.45, 2.75) is 41.2 Å². The van der Waals surface area contributed by atoms with E-state index in [0.29, 0.717) is 13.1 Å². The molecule has 2 rings (SSSR count). The van der Waals surface area contributed by atoms with Crippen molar-refractivity contribution in [2.75, 3.05) is 6.54 Å². The first-order valence-corrected chi connectivity index (χ1v) is 7.17. The SMILES string of the molecule is Cc1nn(CCNC(=O)C(C)(C)C)c(C)c1-c1ccco1. The van der Waals surface area contributed by atoms with Gasteiger partial charge in [-0.2, -0.15) is 5.10 Å². The Labute approximate surface area is 125 Å². The molecule has 0 bridgehead atoms. The minimum Gasteiger partial charge on any atom is -0.464 e. The van der Waals surface area contributed by atoms with Crippen LogP contribution in [-0.4, -0.2) is 22.2 Å². The molecule has 0 atom stereocenters. The monoisotopic (exact) mass is 289 g/mol. The molecular formula is C16H23N3O2. The van der Waals surface area contributed by atoms with Crippen molar-refractivity contribution in [3.63, 3.8) is 0 Å². The molecule has 0 aromatic carbocycles. The number of hydrogen-bond acceptors (Lipinski definition) is 3. The van der Waals surface area contributed by atoms with Crippen molar-refractivity contribution in [3.05, 3.63) is 29.8 Å². The number of rotatable bonds is 4. The van der Waals surface area contributed by atoms with E-state index in [1.807, 2.05) is 51.4 Å². The molecule has 0 saturated heterocycles. The summed E-state index contributed by atoms with van der Waals surface area (Å²) in [6.45, 7) is 10.9. The van der Waals surface area contributed by atoms with E-state index in [1.54, 1.807) is 6.26 Å². The van der Waals surface area contributed by atoms with Crippen LogP contribution in [0.2, 0.25) is 0 Å². The summed E-state index contributed by atoms with van der Waals surface area (Å²) in [4.78, 5) is 11.8. The summed E-state index contributed by atoms with van der Waals surface area (Å²) in [5.41, 5.74) is 2.65. The van der Waals surface area contributed by atoms with E-state index in [1.165, 1.54) is 0 Å². The summed E-state index contributed by atoms with van der Waals surface area (Å²) in [5.74, 6) is 0.880. The van der Waals surface area contributed by atoms with Gasteiger partial charge in [0, 0.05) is 17.7 Å². The Morgan fingerprint density at radius 1 is 1.38 bits per heavy atom. The second-order valence-corrected chi connectivity index (χ2v) is 6.25. The Balaban J connectivity index is 2.06. The molecule has 21 heavy (non-hydrogen) atoms. The Bertz CT molecular complexity index is 619. The van der Waals surface area contributed by atoms with Crippen molar-refractivity contribution in [2.24, 2.45) is 5.41 Å². The Hall–Kier alpha value is -2.04. The second-order valence-electron chi connectivity index (χ2n) is 6.25. The average Bonchev–Trinajstić information content (AvgIpc) is 2.97. The minimum absolute atomic E-state index is 0.0512. The number of aromatic nitrogens is 2. The zero-order valence-electron chi connectivity index (χ0n) is 13.4. The first-order valence-electron chi connectivity index (χ1n) is 7.17. The maximum Gasteiger partial charge on any atom is 0.225 e. The van der Waals surface area contributed by atoms with Gasteiger partial charge in [-0.25, -0.2) is 0 Å². The summed E-state index contributed by atoms with van der Waals surface area (Å²) in [7, 11) is 0. The molecule has 0 fully saturated rings. The zero-order chi connectivity index (χ0) is 15.6. The maximum absolute atomic E-state index is 11.8. The van der Waals surface area contributed by atoms with Gasteiger partial charge in [-0.15, -0.1) is 0 Å². The van der Waals surface area contributed by atoms with Crippen LogP contribution in [0.25, 0.3) is 11.3 Å². The molecule has 114 valence electrons. The molecule has 1 amide bonds. The average molecular weight is 289 g/mol. The molecule has 0 aliphatic carbocycles. The zero-order valence-corrected chi connectivity index (χ0v) is 13.4. The van der Waals surface area contributed by atoms with Crippen LogP contribution in [0.5, 0.6) is 0 Å². The fourth-order valence-corrected chi connectivity index (χ4v) is 2.23. The largest absolute Gasteiger partial charge is 0.464 e. The van der Waals surface area contributed by atoms with Crippen LogP contribution in [0.4, 0.5) is 0 Å². The van der Waals surface area contributed by atoms with Crippen molar-refractivity contribution >= 4 is 5.91 Å².